The number of ether oxygens (including phenoxy) is 3. The second kappa shape index (κ2) is 11.0. The summed E-state index contributed by atoms with van der Waals surface area (Å²) in [7, 11) is 1.29. The summed E-state index contributed by atoms with van der Waals surface area (Å²) in [6, 6.07) is 0. The molecule has 0 aromatic rings. The number of allylic oxidation sites excluding steroid dienone is 3. The van der Waals surface area contributed by atoms with Gasteiger partial charge in [0.1, 0.15) is 22.2 Å². The highest BCUT2D eigenvalue weighted by atomic mass is 16.6. The first-order chi connectivity index (χ1) is 17.9. The van der Waals surface area contributed by atoms with Crippen LogP contribution in [0.15, 0.2) is 35.5 Å². The third-order valence-corrected chi connectivity index (χ3v) is 8.28. The van der Waals surface area contributed by atoms with E-state index < -0.39 is 71.7 Å². The summed E-state index contributed by atoms with van der Waals surface area (Å²) in [6.45, 7) is 2.57. The average Bonchev–Trinajstić information content (AvgIpc) is 3.03. The Hall–Kier alpha value is -3.02. The van der Waals surface area contributed by atoms with Crippen LogP contribution in [0, 0.1) is 11.3 Å². The summed E-state index contributed by atoms with van der Waals surface area (Å²) < 4.78 is 16.9. The number of amides is 1. The molecule has 210 valence electrons. The Balaban J connectivity index is 1.93. The van der Waals surface area contributed by atoms with E-state index in [4.69, 9.17) is 14.2 Å². The Bertz CT molecular complexity index is 1070. The van der Waals surface area contributed by atoms with Crippen molar-refractivity contribution in [3.8, 4) is 0 Å². The summed E-state index contributed by atoms with van der Waals surface area (Å²) in [4.78, 5) is 50.8. The molecule has 2 aliphatic carbocycles. The van der Waals surface area contributed by atoms with Gasteiger partial charge >= 0.3 is 17.9 Å². The Morgan fingerprint density at radius 2 is 1.84 bits per heavy atom. The van der Waals surface area contributed by atoms with E-state index in [1.54, 1.807) is 25.2 Å². The highest BCUT2D eigenvalue weighted by molar-refractivity contribution is 5.93. The average molecular weight is 536 g/mol. The Labute approximate surface area is 221 Å². The molecule has 1 aliphatic heterocycles. The van der Waals surface area contributed by atoms with E-state index in [1.807, 2.05) is 0 Å². The van der Waals surface area contributed by atoms with Crippen molar-refractivity contribution in [3.63, 3.8) is 0 Å². The second-order valence-electron chi connectivity index (χ2n) is 10.6. The first kappa shape index (κ1) is 29.5. The van der Waals surface area contributed by atoms with Gasteiger partial charge < -0.3 is 34.8 Å². The maximum Gasteiger partial charge on any atom is 0.333 e. The van der Waals surface area contributed by atoms with Crippen LogP contribution in [0.4, 0.5) is 0 Å². The number of carbonyl (C=O) groups excluding carboxylic acids is 4. The van der Waals surface area contributed by atoms with Crippen molar-refractivity contribution in [2.45, 2.75) is 69.6 Å². The number of hydrogen-bond acceptors (Lipinski definition) is 10. The van der Waals surface area contributed by atoms with Crippen LogP contribution in [0.5, 0.6) is 0 Å². The monoisotopic (exact) mass is 535 g/mol. The lowest BCUT2D eigenvalue weighted by Gasteiger charge is -2.54. The van der Waals surface area contributed by atoms with Gasteiger partial charge in [0.05, 0.1) is 26.9 Å². The molecular weight excluding hydrogens is 498 g/mol. The minimum Gasteiger partial charge on any atom is -0.466 e. The minimum atomic E-state index is -1.57. The van der Waals surface area contributed by atoms with Crippen molar-refractivity contribution in [3.05, 3.63) is 35.5 Å². The van der Waals surface area contributed by atoms with Gasteiger partial charge in [-0.15, -0.1) is 0 Å². The summed E-state index contributed by atoms with van der Waals surface area (Å²) in [5.74, 6) is -2.56. The van der Waals surface area contributed by atoms with Crippen LogP contribution in [0.1, 0.15) is 52.9 Å². The largest absolute Gasteiger partial charge is 0.466 e. The lowest BCUT2D eigenvalue weighted by atomic mass is 9.62. The Morgan fingerprint density at radius 1 is 1.18 bits per heavy atom. The molecule has 3 rings (SSSR count). The van der Waals surface area contributed by atoms with E-state index in [9.17, 15) is 34.5 Å². The summed E-state index contributed by atoms with van der Waals surface area (Å²) in [6.07, 6.45) is 8.02. The van der Waals surface area contributed by atoms with Gasteiger partial charge in [0, 0.05) is 24.0 Å². The second-order valence-corrected chi connectivity index (χ2v) is 10.6. The smallest absolute Gasteiger partial charge is 0.333 e. The zero-order valence-corrected chi connectivity index (χ0v) is 22.2. The van der Waals surface area contributed by atoms with Gasteiger partial charge in [-0.3, -0.25) is 14.4 Å². The van der Waals surface area contributed by atoms with Crippen molar-refractivity contribution < 1.29 is 48.7 Å². The van der Waals surface area contributed by atoms with Crippen LogP contribution in [-0.4, -0.2) is 82.8 Å². The molecule has 11 nitrogen and oxygen atoms in total. The molecule has 0 aromatic heterocycles. The third-order valence-electron chi connectivity index (χ3n) is 8.28. The van der Waals surface area contributed by atoms with Crippen molar-refractivity contribution in [2.24, 2.45) is 11.3 Å². The molecule has 1 amide bonds. The van der Waals surface area contributed by atoms with Crippen molar-refractivity contribution in [1.29, 1.82) is 0 Å². The molecule has 1 saturated carbocycles. The van der Waals surface area contributed by atoms with Crippen LogP contribution >= 0.6 is 0 Å². The summed E-state index contributed by atoms with van der Waals surface area (Å²) >= 11 is 0. The predicted octanol–water partition coefficient (Wildman–Crippen LogP) is 0.618. The van der Waals surface area contributed by atoms with Gasteiger partial charge in [-0.25, -0.2) is 4.79 Å². The normalized spacial score (nSPS) is 31.1. The number of rotatable bonds is 9. The molecule has 11 heteroatoms. The third kappa shape index (κ3) is 4.90. The molecule has 0 spiro atoms. The maximum absolute atomic E-state index is 13.6. The minimum absolute atomic E-state index is 0.182. The summed E-state index contributed by atoms with van der Waals surface area (Å²) in [5, 5.41) is 30.8. The zero-order valence-electron chi connectivity index (χ0n) is 22.2. The quantitative estimate of drug-likeness (QED) is 0.142. The maximum atomic E-state index is 13.6. The number of aliphatic hydroxyl groups excluding tert-OH is 3. The van der Waals surface area contributed by atoms with E-state index in [-0.39, 0.29) is 24.8 Å². The topological polar surface area (TPSA) is 169 Å². The number of methoxy groups -OCH3 is 1. The number of aliphatic hydroxyl groups is 3. The van der Waals surface area contributed by atoms with Crippen LogP contribution in [-0.2, 0) is 33.4 Å². The molecule has 38 heavy (non-hydrogen) atoms. The first-order valence-electron chi connectivity index (χ1n) is 12.6. The molecule has 1 saturated heterocycles. The fraction of sp³-hybridized carbons (Fsp3) is 0.630. The van der Waals surface area contributed by atoms with Gasteiger partial charge in [0.25, 0.3) is 0 Å². The van der Waals surface area contributed by atoms with Crippen molar-refractivity contribution >= 4 is 23.8 Å². The standard InChI is InChI=1S/C27H37NO10/c1-17(21(33)28-25(14-29,15-30)16-31)6-5-10-24(3)20-9-12-26(23(35)38-24)11-7-19(22(34)36-4)8-13-27(20,26)37-18(2)32/h5-7,10,20,29-31H,8-9,11-16H2,1-4H3,(H,28,33)/b10-5+,17-6+/t20-,24+,26+,27-/m0/s1. The molecular formula is C27H37NO10. The molecule has 0 unspecified atom stereocenters. The molecule has 3 aliphatic rings. The Morgan fingerprint density at radius 3 is 2.42 bits per heavy atom. The van der Waals surface area contributed by atoms with Gasteiger partial charge in [-0.2, -0.15) is 0 Å². The zero-order chi connectivity index (χ0) is 28.4. The van der Waals surface area contributed by atoms with E-state index in [2.05, 4.69) is 5.32 Å². The van der Waals surface area contributed by atoms with E-state index >= 15 is 0 Å². The van der Waals surface area contributed by atoms with Gasteiger partial charge in [-0.05, 0) is 52.0 Å². The first-order valence-corrected chi connectivity index (χ1v) is 12.6. The molecule has 4 atom stereocenters. The Kier molecular flexibility index (Phi) is 8.55. The number of carbonyl (C=O) groups is 4. The molecule has 0 aromatic carbocycles. The highest BCUT2D eigenvalue weighted by Crippen LogP contribution is 2.65. The SMILES string of the molecule is COC(=O)C1=CC[C@@]23CC[C@@H]([C@@](C)(/C=C/C=C(\C)C(=O)NC(CO)(CO)CO)OC2=O)[C@@]3(OC(C)=O)CC1. The lowest BCUT2D eigenvalue weighted by molar-refractivity contribution is -0.235. The lowest BCUT2D eigenvalue weighted by Crippen LogP contribution is -2.65. The van der Waals surface area contributed by atoms with Crippen LogP contribution in [0.3, 0.4) is 0 Å². The van der Waals surface area contributed by atoms with Crippen LogP contribution in [0.25, 0.3) is 0 Å². The molecule has 2 fully saturated rings. The number of hydrogen-bond donors (Lipinski definition) is 4. The van der Waals surface area contributed by atoms with Crippen molar-refractivity contribution in [1.82, 2.24) is 5.32 Å². The molecule has 1 heterocycles. The van der Waals surface area contributed by atoms with E-state index in [0.29, 0.717) is 18.4 Å². The molecule has 4 N–H and O–H groups in total. The predicted molar refractivity (Wildman–Crippen MR) is 133 cm³/mol. The molecule has 2 bridgehead atoms. The van der Waals surface area contributed by atoms with E-state index in [1.165, 1.54) is 27.0 Å². The summed E-state index contributed by atoms with van der Waals surface area (Å²) in [5.41, 5.74) is -4.43. The van der Waals surface area contributed by atoms with Crippen LogP contribution in [0.2, 0.25) is 0 Å². The van der Waals surface area contributed by atoms with E-state index in [0.717, 1.165) is 0 Å². The van der Waals surface area contributed by atoms with Gasteiger partial charge in [0.15, 0.2) is 0 Å². The fourth-order valence-corrected chi connectivity index (χ4v) is 6.06. The number of nitrogens with one attached hydrogen (secondary N) is 1. The van der Waals surface area contributed by atoms with Crippen LogP contribution < -0.4 is 5.32 Å². The number of cyclic esters (lactones) is 1. The fourth-order valence-electron chi connectivity index (χ4n) is 6.06. The van der Waals surface area contributed by atoms with Gasteiger partial charge in [0.2, 0.25) is 5.91 Å². The molecule has 0 radical (unpaired) electrons. The van der Waals surface area contributed by atoms with Crippen molar-refractivity contribution in [2.75, 3.05) is 26.9 Å². The van der Waals surface area contributed by atoms with Gasteiger partial charge in [-0.1, -0.05) is 18.2 Å². The number of esters is 3. The highest BCUT2D eigenvalue weighted by Gasteiger charge is 2.74.